The molecule has 1 aromatic heterocycles. The largest absolute Gasteiger partial charge is 0.378 e. The van der Waals surface area contributed by atoms with Crippen molar-refractivity contribution in [3.05, 3.63) is 59.5 Å². The Hall–Kier alpha value is -3.00. The van der Waals surface area contributed by atoms with Crippen molar-refractivity contribution in [1.29, 1.82) is 0 Å². The molecule has 2 fully saturated rings. The molecule has 2 amide bonds. The first kappa shape index (κ1) is 19.3. The van der Waals surface area contributed by atoms with E-state index in [2.05, 4.69) is 9.88 Å². The summed E-state index contributed by atoms with van der Waals surface area (Å²) in [5, 5.41) is 0. The van der Waals surface area contributed by atoms with Crippen LogP contribution in [0.5, 0.6) is 0 Å². The molecule has 2 aliphatic rings. The molecule has 7 nitrogen and oxygen atoms in total. The monoisotopic (exact) mass is 398 g/mol. The number of nitrogens with zero attached hydrogens (tertiary/aromatic N) is 4. The van der Waals surface area contributed by atoms with Crippen LogP contribution in [0.2, 0.25) is 0 Å². The fourth-order valence-electron chi connectivity index (χ4n) is 3.68. The predicted molar refractivity (Wildman–Crippen MR) is 105 cm³/mol. The van der Waals surface area contributed by atoms with Crippen molar-refractivity contribution in [3.8, 4) is 0 Å². The summed E-state index contributed by atoms with van der Waals surface area (Å²) >= 11 is 0. The maximum Gasteiger partial charge on any atom is 0.257 e. The van der Waals surface area contributed by atoms with Crippen molar-refractivity contribution >= 4 is 17.6 Å². The smallest absolute Gasteiger partial charge is 0.257 e. The van der Waals surface area contributed by atoms with Gasteiger partial charge in [0.05, 0.1) is 18.8 Å². The van der Waals surface area contributed by atoms with E-state index in [1.807, 2.05) is 0 Å². The first-order chi connectivity index (χ1) is 14.1. The van der Waals surface area contributed by atoms with E-state index >= 15 is 0 Å². The molecule has 0 radical (unpaired) electrons. The van der Waals surface area contributed by atoms with Crippen molar-refractivity contribution in [2.75, 3.05) is 57.4 Å². The number of hydrogen-bond acceptors (Lipinski definition) is 5. The number of halogens is 1. The molecule has 2 aliphatic heterocycles. The Bertz CT molecular complexity index is 893. The zero-order valence-electron chi connectivity index (χ0n) is 16.1. The maximum atomic E-state index is 13.4. The van der Waals surface area contributed by atoms with E-state index in [1.54, 1.807) is 34.2 Å². The molecule has 29 heavy (non-hydrogen) atoms. The quantitative estimate of drug-likeness (QED) is 0.787. The molecule has 0 spiro atoms. The number of anilines is 1. The molecule has 0 bridgehead atoms. The summed E-state index contributed by atoms with van der Waals surface area (Å²) < 4.78 is 18.8. The number of rotatable bonds is 3. The van der Waals surface area contributed by atoms with E-state index in [9.17, 15) is 14.0 Å². The summed E-state index contributed by atoms with van der Waals surface area (Å²) in [6.45, 7) is 4.31. The minimum absolute atomic E-state index is 0.0857. The molecule has 0 saturated carbocycles. The molecule has 1 aromatic carbocycles. The maximum absolute atomic E-state index is 13.4. The number of aromatic nitrogens is 1. The highest BCUT2D eigenvalue weighted by Gasteiger charge is 2.28. The van der Waals surface area contributed by atoms with Gasteiger partial charge in [0.2, 0.25) is 0 Å². The average molecular weight is 398 g/mol. The molecule has 0 atom stereocenters. The van der Waals surface area contributed by atoms with Crippen molar-refractivity contribution < 1.29 is 18.7 Å². The van der Waals surface area contributed by atoms with Gasteiger partial charge in [0.1, 0.15) is 11.6 Å². The van der Waals surface area contributed by atoms with Crippen molar-refractivity contribution in [2.24, 2.45) is 0 Å². The Morgan fingerprint density at radius 3 is 2.28 bits per heavy atom. The van der Waals surface area contributed by atoms with E-state index in [4.69, 9.17) is 4.74 Å². The van der Waals surface area contributed by atoms with Crippen molar-refractivity contribution in [3.63, 3.8) is 0 Å². The SMILES string of the molecule is O=C(c1cccc(F)c1)N1CCN(C(=O)c2cccnc2N2CCOCC2)CC1. The fourth-order valence-corrected chi connectivity index (χ4v) is 3.68. The number of pyridine rings is 1. The summed E-state index contributed by atoms with van der Waals surface area (Å²) in [7, 11) is 0. The highest BCUT2D eigenvalue weighted by molar-refractivity contribution is 5.99. The molecular formula is C21H23FN4O3. The van der Waals surface area contributed by atoms with Crippen LogP contribution in [-0.2, 0) is 4.74 Å². The first-order valence-electron chi connectivity index (χ1n) is 9.75. The number of benzene rings is 1. The van der Waals surface area contributed by atoms with Gasteiger partial charge in [0, 0.05) is 51.0 Å². The van der Waals surface area contributed by atoms with E-state index in [-0.39, 0.29) is 11.8 Å². The van der Waals surface area contributed by atoms with Gasteiger partial charge in [-0.3, -0.25) is 9.59 Å². The lowest BCUT2D eigenvalue weighted by atomic mass is 10.1. The summed E-state index contributed by atoms with van der Waals surface area (Å²) in [5.41, 5.74) is 0.894. The Labute approximate surface area is 168 Å². The number of ether oxygens (including phenoxy) is 1. The van der Waals surface area contributed by atoms with Crippen LogP contribution in [0.1, 0.15) is 20.7 Å². The van der Waals surface area contributed by atoms with Crippen LogP contribution in [0.4, 0.5) is 10.2 Å². The van der Waals surface area contributed by atoms with Gasteiger partial charge in [-0.05, 0) is 30.3 Å². The Balaban J connectivity index is 1.43. The molecule has 0 aliphatic carbocycles. The van der Waals surface area contributed by atoms with Crippen LogP contribution in [-0.4, -0.2) is 79.1 Å². The third-order valence-corrected chi connectivity index (χ3v) is 5.25. The minimum atomic E-state index is -0.433. The van der Waals surface area contributed by atoms with E-state index < -0.39 is 5.82 Å². The van der Waals surface area contributed by atoms with E-state index in [0.717, 1.165) is 0 Å². The minimum Gasteiger partial charge on any atom is -0.378 e. The van der Waals surface area contributed by atoms with Crippen molar-refractivity contribution in [2.45, 2.75) is 0 Å². The highest BCUT2D eigenvalue weighted by atomic mass is 19.1. The van der Waals surface area contributed by atoms with Gasteiger partial charge in [-0.2, -0.15) is 0 Å². The molecule has 4 rings (SSSR count). The van der Waals surface area contributed by atoms with Crippen LogP contribution >= 0.6 is 0 Å². The highest BCUT2D eigenvalue weighted by Crippen LogP contribution is 2.21. The van der Waals surface area contributed by atoms with Gasteiger partial charge in [0.15, 0.2) is 0 Å². The van der Waals surface area contributed by atoms with Crippen LogP contribution < -0.4 is 4.90 Å². The van der Waals surface area contributed by atoms with E-state index in [0.29, 0.717) is 69.4 Å². The number of morpholine rings is 1. The molecule has 3 heterocycles. The summed E-state index contributed by atoms with van der Waals surface area (Å²) in [4.78, 5) is 35.6. The van der Waals surface area contributed by atoms with Gasteiger partial charge in [-0.15, -0.1) is 0 Å². The summed E-state index contributed by atoms with van der Waals surface area (Å²) in [6, 6.07) is 9.24. The van der Waals surface area contributed by atoms with Gasteiger partial charge in [-0.25, -0.2) is 9.37 Å². The Kier molecular flexibility index (Phi) is 5.71. The topological polar surface area (TPSA) is 66.0 Å². The normalized spacial score (nSPS) is 17.3. The van der Waals surface area contributed by atoms with Gasteiger partial charge in [0.25, 0.3) is 11.8 Å². The van der Waals surface area contributed by atoms with Gasteiger partial charge < -0.3 is 19.4 Å². The van der Waals surface area contributed by atoms with Gasteiger partial charge in [-0.1, -0.05) is 6.07 Å². The third kappa shape index (κ3) is 4.22. The van der Waals surface area contributed by atoms with Gasteiger partial charge >= 0.3 is 0 Å². The number of carbonyl (C=O) groups is 2. The molecule has 2 aromatic rings. The van der Waals surface area contributed by atoms with Crippen LogP contribution in [0.25, 0.3) is 0 Å². The molecule has 0 N–H and O–H groups in total. The Morgan fingerprint density at radius 1 is 0.897 bits per heavy atom. The zero-order valence-corrected chi connectivity index (χ0v) is 16.1. The average Bonchev–Trinajstić information content (AvgIpc) is 2.79. The number of carbonyl (C=O) groups excluding carboxylic acids is 2. The fraction of sp³-hybridized carbons (Fsp3) is 0.381. The summed E-state index contributed by atoms with van der Waals surface area (Å²) in [6.07, 6.45) is 1.69. The van der Waals surface area contributed by atoms with Crippen LogP contribution in [0.3, 0.4) is 0 Å². The molecule has 0 unspecified atom stereocenters. The van der Waals surface area contributed by atoms with E-state index in [1.165, 1.54) is 18.2 Å². The number of piperazine rings is 1. The zero-order chi connectivity index (χ0) is 20.2. The second kappa shape index (κ2) is 8.57. The molecular weight excluding hydrogens is 375 g/mol. The van der Waals surface area contributed by atoms with Crippen molar-refractivity contribution in [1.82, 2.24) is 14.8 Å². The second-order valence-electron chi connectivity index (χ2n) is 7.07. The number of amides is 2. The Morgan fingerprint density at radius 2 is 1.59 bits per heavy atom. The number of hydrogen-bond donors (Lipinski definition) is 0. The summed E-state index contributed by atoms with van der Waals surface area (Å²) in [5.74, 6) is -0.0552. The standard InChI is InChI=1S/C21H23FN4O3/c22-17-4-1-3-16(15-17)20(27)25-7-9-26(10-8-25)21(28)18-5-2-6-23-19(18)24-11-13-29-14-12-24/h1-6,15H,7-14H2. The molecule has 2 saturated heterocycles. The first-order valence-corrected chi connectivity index (χ1v) is 9.75. The lowest BCUT2D eigenvalue weighted by Gasteiger charge is -2.36. The third-order valence-electron chi connectivity index (χ3n) is 5.25. The molecule has 8 heteroatoms. The predicted octanol–water partition coefficient (Wildman–Crippen LogP) is 1.66. The molecule has 152 valence electrons. The van der Waals surface area contributed by atoms with Crippen LogP contribution in [0.15, 0.2) is 42.6 Å². The lowest BCUT2D eigenvalue weighted by Crippen LogP contribution is -2.51. The van der Waals surface area contributed by atoms with Crippen LogP contribution in [0, 0.1) is 5.82 Å². The second-order valence-corrected chi connectivity index (χ2v) is 7.07. The lowest BCUT2D eigenvalue weighted by molar-refractivity contribution is 0.0535.